The summed E-state index contributed by atoms with van der Waals surface area (Å²) in [4.78, 5) is 22.4. The Morgan fingerprint density at radius 2 is 1.33 bits per heavy atom. The van der Waals surface area contributed by atoms with Crippen molar-refractivity contribution in [3.63, 3.8) is 0 Å². The van der Waals surface area contributed by atoms with Crippen LogP contribution in [0.2, 0.25) is 10.0 Å². The molecule has 0 unspecified atom stereocenters. The van der Waals surface area contributed by atoms with Crippen LogP contribution in [0.1, 0.15) is 27.8 Å². The van der Waals surface area contributed by atoms with Crippen LogP contribution >= 0.6 is 23.2 Å². The summed E-state index contributed by atoms with van der Waals surface area (Å²) in [6.45, 7) is 0.146. The molecule has 45 heavy (non-hydrogen) atoms. The first-order chi connectivity index (χ1) is 22.0. The fourth-order valence-corrected chi connectivity index (χ4v) is 6.24. The van der Waals surface area contributed by atoms with Gasteiger partial charge in [-0.2, -0.15) is 0 Å². The van der Waals surface area contributed by atoms with Crippen molar-refractivity contribution < 1.29 is 4.79 Å². The lowest BCUT2D eigenvalue weighted by Crippen LogP contribution is -2.37. The molecule has 0 radical (unpaired) electrons. The number of aliphatic imine (C=N–C) groups is 1. The molecule has 5 aromatic carbocycles. The monoisotopic (exact) mass is 628 g/mol. The molecule has 0 saturated carbocycles. The van der Waals surface area contributed by atoms with Gasteiger partial charge in [0.05, 0.1) is 17.7 Å². The van der Waals surface area contributed by atoms with E-state index in [4.69, 9.17) is 23.2 Å². The van der Waals surface area contributed by atoms with E-state index in [1.54, 1.807) is 24.2 Å². The molecule has 2 heterocycles. The zero-order valence-corrected chi connectivity index (χ0v) is 26.1. The highest BCUT2D eigenvalue weighted by Crippen LogP contribution is 2.43. The quantitative estimate of drug-likeness (QED) is 0.180. The lowest BCUT2D eigenvalue weighted by molar-refractivity contribution is -0.116. The Hall–Kier alpha value is -4.97. The van der Waals surface area contributed by atoms with Crippen molar-refractivity contribution in [3.8, 4) is 0 Å². The predicted octanol–water partition coefficient (Wildman–Crippen LogP) is 8.53. The number of nitrogens with zero attached hydrogens (tertiary/aromatic N) is 4. The highest BCUT2D eigenvalue weighted by molar-refractivity contribution is 6.32. The van der Waals surface area contributed by atoms with Crippen LogP contribution in [0.25, 0.3) is 0 Å². The second-order valence-electron chi connectivity index (χ2n) is 10.5. The summed E-state index contributed by atoms with van der Waals surface area (Å²) in [5.41, 5.74) is 6.21. The van der Waals surface area contributed by atoms with Crippen LogP contribution in [0.3, 0.4) is 0 Å². The van der Waals surface area contributed by atoms with E-state index < -0.39 is 5.54 Å². The Kier molecular flexibility index (Phi) is 8.92. The molecule has 0 fully saturated rings. The van der Waals surface area contributed by atoms with Gasteiger partial charge in [-0.1, -0.05) is 132 Å². The zero-order chi connectivity index (χ0) is 31.2. The Labute approximate surface area is 273 Å². The third-order valence-electron chi connectivity index (χ3n) is 7.91. The molecule has 0 spiro atoms. The van der Waals surface area contributed by atoms with E-state index >= 15 is 0 Å². The van der Waals surface area contributed by atoms with E-state index in [1.807, 2.05) is 85.3 Å². The van der Waals surface area contributed by atoms with Crippen LogP contribution < -0.4 is 4.90 Å². The van der Waals surface area contributed by atoms with Gasteiger partial charge in [0.1, 0.15) is 12.1 Å². The van der Waals surface area contributed by atoms with E-state index in [1.165, 1.54) is 0 Å². The highest BCUT2D eigenvalue weighted by Gasteiger charge is 2.39. The molecule has 7 heteroatoms. The summed E-state index contributed by atoms with van der Waals surface area (Å²) in [5.74, 6) is -0.0282. The van der Waals surface area contributed by atoms with Gasteiger partial charge in [-0.3, -0.25) is 9.79 Å². The van der Waals surface area contributed by atoms with Crippen molar-refractivity contribution >= 4 is 40.5 Å². The van der Waals surface area contributed by atoms with E-state index in [0.717, 1.165) is 44.2 Å². The van der Waals surface area contributed by atoms with E-state index in [0.29, 0.717) is 5.02 Å². The van der Waals surface area contributed by atoms with Crippen molar-refractivity contribution in [2.75, 3.05) is 18.5 Å². The molecule has 222 valence electrons. The van der Waals surface area contributed by atoms with E-state index in [-0.39, 0.29) is 12.5 Å². The summed E-state index contributed by atoms with van der Waals surface area (Å²) < 4.78 is 2.12. The summed E-state index contributed by atoms with van der Waals surface area (Å²) >= 11 is 12.8. The minimum Gasteiger partial charge on any atom is -0.319 e. The molecule has 0 bridgehead atoms. The maximum absolute atomic E-state index is 12.0. The lowest BCUT2D eigenvalue weighted by atomic mass is 9.76. The molecule has 0 aliphatic carbocycles. The number of benzene rings is 5. The number of rotatable bonds is 5. The Morgan fingerprint density at radius 1 is 0.733 bits per heavy atom. The number of fused-ring (bicyclic) bond motifs is 1. The normalized spacial score (nSPS) is 12.8. The number of anilines is 1. The van der Waals surface area contributed by atoms with Crippen molar-refractivity contribution in [2.24, 2.45) is 4.99 Å². The second-order valence-corrected chi connectivity index (χ2v) is 11.4. The van der Waals surface area contributed by atoms with Crippen LogP contribution in [-0.4, -0.2) is 34.8 Å². The zero-order valence-electron chi connectivity index (χ0n) is 24.6. The Bertz CT molecular complexity index is 1890. The first-order valence-electron chi connectivity index (χ1n) is 14.5. The molecule has 1 aliphatic rings. The molecule has 5 nitrogen and oxygen atoms in total. The van der Waals surface area contributed by atoms with E-state index in [2.05, 4.69) is 69.1 Å². The number of aromatic nitrogens is 2. The molecular weight excluding hydrogens is 599 g/mol. The molecular formula is C38H30Cl2N4O. The average molecular weight is 630 g/mol. The fourth-order valence-electron chi connectivity index (χ4n) is 5.79. The number of likely N-dealkylation sites (N-methyl/N-ethyl adjacent to an activating group) is 1. The number of halogens is 2. The molecule has 1 amide bonds. The van der Waals surface area contributed by atoms with Crippen molar-refractivity contribution in [3.05, 3.63) is 190 Å². The third-order valence-corrected chi connectivity index (χ3v) is 8.47. The Balaban J connectivity index is 0.000000163. The molecule has 0 atom stereocenters. The maximum atomic E-state index is 12.0. The summed E-state index contributed by atoms with van der Waals surface area (Å²) in [7, 11) is 1.76. The smallest absolute Gasteiger partial charge is 0.248 e. The lowest BCUT2D eigenvalue weighted by Gasteiger charge is -2.37. The topological polar surface area (TPSA) is 50.5 Å². The highest BCUT2D eigenvalue weighted by atomic mass is 35.5. The first-order valence-corrected chi connectivity index (χ1v) is 15.3. The SMILES string of the molecule is CN1C(=O)CN=C(c2ccccc2)c2cc(Cl)ccc21.Clc1ccccc1C(c1ccccc1)(c1ccccc1)n1ccnc1. The van der Waals surface area contributed by atoms with Gasteiger partial charge >= 0.3 is 0 Å². The van der Waals surface area contributed by atoms with Gasteiger partial charge < -0.3 is 9.47 Å². The molecule has 0 N–H and O–H groups in total. The summed E-state index contributed by atoms with van der Waals surface area (Å²) in [5, 5.41) is 1.36. The van der Waals surface area contributed by atoms with Gasteiger partial charge in [0.25, 0.3) is 0 Å². The largest absolute Gasteiger partial charge is 0.319 e. The van der Waals surface area contributed by atoms with Gasteiger partial charge in [0, 0.05) is 46.2 Å². The molecule has 0 saturated heterocycles. The fraction of sp³-hybridized carbons (Fsp3) is 0.0789. The van der Waals surface area contributed by atoms with Crippen LogP contribution in [0, 0.1) is 0 Å². The minimum absolute atomic E-state index is 0.0282. The molecule has 1 aromatic heterocycles. The van der Waals surface area contributed by atoms with Crippen LogP contribution in [0.4, 0.5) is 5.69 Å². The predicted molar refractivity (Wildman–Crippen MR) is 184 cm³/mol. The minimum atomic E-state index is -0.586. The van der Waals surface area contributed by atoms with Gasteiger partial charge in [-0.15, -0.1) is 0 Å². The number of hydrogen-bond acceptors (Lipinski definition) is 3. The molecule has 7 rings (SSSR count). The van der Waals surface area contributed by atoms with E-state index in [9.17, 15) is 4.79 Å². The number of amides is 1. The summed E-state index contributed by atoms with van der Waals surface area (Å²) in [6.07, 6.45) is 5.64. The first kappa shape index (κ1) is 30.1. The average Bonchev–Trinajstić information content (AvgIpc) is 3.59. The third kappa shape index (κ3) is 5.93. The van der Waals surface area contributed by atoms with Gasteiger partial charge in [-0.05, 0) is 35.4 Å². The van der Waals surface area contributed by atoms with Crippen LogP contribution in [0.5, 0.6) is 0 Å². The maximum Gasteiger partial charge on any atom is 0.248 e. The van der Waals surface area contributed by atoms with Crippen molar-refractivity contribution in [1.29, 1.82) is 0 Å². The van der Waals surface area contributed by atoms with Crippen molar-refractivity contribution in [1.82, 2.24) is 9.55 Å². The van der Waals surface area contributed by atoms with Crippen LogP contribution in [0.15, 0.2) is 157 Å². The van der Waals surface area contributed by atoms with Gasteiger partial charge in [0.15, 0.2) is 0 Å². The second kappa shape index (κ2) is 13.3. The number of imidazole rings is 1. The molecule has 1 aliphatic heterocycles. The number of carbonyl (C=O) groups is 1. The summed E-state index contributed by atoms with van der Waals surface area (Å²) in [6, 6.07) is 44.2. The van der Waals surface area contributed by atoms with Gasteiger partial charge in [0.2, 0.25) is 5.91 Å². The van der Waals surface area contributed by atoms with Gasteiger partial charge in [-0.25, -0.2) is 4.98 Å². The number of hydrogen-bond donors (Lipinski definition) is 0. The number of carbonyl (C=O) groups excluding carboxylic acids is 1. The van der Waals surface area contributed by atoms with Crippen molar-refractivity contribution in [2.45, 2.75) is 5.54 Å². The Morgan fingerprint density at radius 3 is 1.93 bits per heavy atom. The standard InChI is InChI=1S/C22H17ClN2.C16H13ClN2O/c23-21-14-8-7-13-20(21)22(25-16-15-24-17-25,18-9-3-1-4-10-18)19-11-5-2-6-12-19;1-19-14-8-7-12(17)9-13(14)16(18-10-15(19)20)11-5-3-2-4-6-11/h1-17H;2-9H,10H2,1H3. The van der Waals surface area contributed by atoms with Crippen LogP contribution in [-0.2, 0) is 10.3 Å². The number of benzodiazepines with no additional fused rings is 1. The molecule has 6 aromatic rings.